The molecule has 0 radical (unpaired) electrons. The summed E-state index contributed by atoms with van der Waals surface area (Å²) in [6, 6.07) is 2.27. The van der Waals surface area contributed by atoms with E-state index in [-0.39, 0.29) is 11.3 Å². The van der Waals surface area contributed by atoms with Crippen molar-refractivity contribution < 1.29 is 34.9 Å². The lowest BCUT2D eigenvalue weighted by atomic mass is 9.99. The van der Waals surface area contributed by atoms with Crippen LogP contribution >= 0.6 is 0 Å². The van der Waals surface area contributed by atoms with Gasteiger partial charge in [0.15, 0.2) is 4.90 Å². The van der Waals surface area contributed by atoms with Gasteiger partial charge in [0, 0.05) is 18.0 Å². The first-order valence-electron chi connectivity index (χ1n) is 7.40. The molecule has 3 rings (SSSR count). The van der Waals surface area contributed by atoms with Gasteiger partial charge in [0.1, 0.15) is 17.3 Å². The molecule has 2 aromatic heterocycles. The third-order valence-electron chi connectivity index (χ3n) is 3.67. The number of pyridine rings is 1. The average molecular weight is 419 g/mol. The molecule has 1 aromatic carbocycles. The van der Waals surface area contributed by atoms with E-state index in [2.05, 4.69) is 14.7 Å². The van der Waals surface area contributed by atoms with E-state index in [0.29, 0.717) is 17.7 Å². The first-order chi connectivity index (χ1) is 12.9. The summed E-state index contributed by atoms with van der Waals surface area (Å²) in [6.07, 6.45) is -2.41. The summed E-state index contributed by atoms with van der Waals surface area (Å²) < 4.78 is 95.4. The summed E-state index contributed by atoms with van der Waals surface area (Å²) in [5, 5.41) is 8.12. The van der Waals surface area contributed by atoms with Crippen LogP contribution in [-0.4, -0.2) is 18.6 Å². The standard InChI is InChI=1S/C16H10F5N3O3S/c1-7-2-9(6-23-5-7)13-12(15(27-24-13)16(19,20)21)8-3-10(17)14(11(18)4-8)28(22,25)26/h2-6H,1H3,(H2,22,25,26). The maximum Gasteiger partial charge on any atom is 0.453 e. The normalized spacial score (nSPS) is 12.4. The number of aromatic nitrogens is 2. The molecule has 0 saturated heterocycles. The number of sulfonamides is 1. The van der Waals surface area contributed by atoms with Gasteiger partial charge in [0.2, 0.25) is 15.8 Å². The summed E-state index contributed by atoms with van der Waals surface area (Å²) in [4.78, 5) is 2.38. The van der Waals surface area contributed by atoms with Crippen LogP contribution in [0.1, 0.15) is 11.3 Å². The van der Waals surface area contributed by atoms with Crippen LogP contribution in [0.25, 0.3) is 22.4 Å². The number of nitrogens with zero attached hydrogens (tertiary/aromatic N) is 2. The number of halogens is 5. The van der Waals surface area contributed by atoms with Crippen molar-refractivity contribution in [3.05, 3.63) is 53.6 Å². The van der Waals surface area contributed by atoms with Crippen molar-refractivity contribution in [1.29, 1.82) is 0 Å². The Morgan fingerprint density at radius 2 is 1.64 bits per heavy atom. The molecule has 0 aliphatic rings. The minimum Gasteiger partial charge on any atom is -0.350 e. The van der Waals surface area contributed by atoms with E-state index in [4.69, 9.17) is 5.14 Å². The van der Waals surface area contributed by atoms with Gasteiger partial charge >= 0.3 is 6.18 Å². The topological polar surface area (TPSA) is 99.1 Å². The van der Waals surface area contributed by atoms with E-state index in [1.54, 1.807) is 6.92 Å². The van der Waals surface area contributed by atoms with Crippen molar-refractivity contribution in [2.75, 3.05) is 0 Å². The van der Waals surface area contributed by atoms with Crippen molar-refractivity contribution in [3.8, 4) is 22.4 Å². The number of alkyl halides is 3. The van der Waals surface area contributed by atoms with E-state index in [1.165, 1.54) is 18.5 Å². The fourth-order valence-electron chi connectivity index (χ4n) is 2.61. The van der Waals surface area contributed by atoms with Crippen LogP contribution in [0.15, 0.2) is 40.0 Å². The van der Waals surface area contributed by atoms with Crippen LogP contribution in [0.3, 0.4) is 0 Å². The molecule has 0 spiro atoms. The quantitative estimate of drug-likeness (QED) is 0.654. The predicted molar refractivity (Wildman–Crippen MR) is 86.2 cm³/mol. The zero-order valence-corrected chi connectivity index (χ0v) is 14.7. The van der Waals surface area contributed by atoms with Crippen LogP contribution in [-0.2, 0) is 16.2 Å². The lowest BCUT2D eigenvalue weighted by molar-refractivity contribution is -0.154. The first kappa shape index (κ1) is 19.9. The summed E-state index contributed by atoms with van der Waals surface area (Å²) in [6.45, 7) is 1.63. The molecule has 0 aliphatic carbocycles. The Morgan fingerprint density at radius 1 is 1.04 bits per heavy atom. The van der Waals surface area contributed by atoms with E-state index in [9.17, 15) is 30.4 Å². The highest BCUT2D eigenvalue weighted by Gasteiger charge is 2.41. The van der Waals surface area contributed by atoms with E-state index in [0.717, 1.165) is 0 Å². The predicted octanol–water partition coefficient (Wildman–Crippen LogP) is 3.66. The third-order valence-corrected chi connectivity index (χ3v) is 4.63. The van der Waals surface area contributed by atoms with Crippen molar-refractivity contribution in [1.82, 2.24) is 10.1 Å². The number of primary sulfonamides is 1. The van der Waals surface area contributed by atoms with Gasteiger partial charge in [-0.2, -0.15) is 13.2 Å². The third kappa shape index (κ3) is 3.60. The van der Waals surface area contributed by atoms with Crippen molar-refractivity contribution in [2.24, 2.45) is 5.14 Å². The highest BCUT2D eigenvalue weighted by molar-refractivity contribution is 7.89. The average Bonchev–Trinajstić information content (AvgIpc) is 2.97. The van der Waals surface area contributed by atoms with Gasteiger partial charge in [0.25, 0.3) is 0 Å². The molecule has 0 aliphatic heterocycles. The zero-order chi connectivity index (χ0) is 20.9. The molecular formula is C16H10F5N3O3S. The maximum atomic E-state index is 14.2. The molecule has 0 amide bonds. The molecule has 28 heavy (non-hydrogen) atoms. The van der Waals surface area contributed by atoms with Crippen LogP contribution < -0.4 is 5.14 Å². The molecule has 2 heterocycles. The van der Waals surface area contributed by atoms with Gasteiger partial charge in [-0.15, -0.1) is 0 Å². The second kappa shape index (κ2) is 6.63. The van der Waals surface area contributed by atoms with Gasteiger partial charge in [-0.05, 0) is 36.2 Å². The van der Waals surface area contributed by atoms with Crippen LogP contribution in [0.4, 0.5) is 22.0 Å². The molecule has 6 nitrogen and oxygen atoms in total. The van der Waals surface area contributed by atoms with Crippen LogP contribution in [0.5, 0.6) is 0 Å². The molecule has 0 bridgehead atoms. The fraction of sp³-hybridized carbons (Fsp3) is 0.125. The molecule has 0 atom stereocenters. The Kier molecular flexibility index (Phi) is 4.71. The Balaban J connectivity index is 2.34. The number of benzene rings is 1. The molecule has 0 unspecified atom stereocenters. The van der Waals surface area contributed by atoms with Gasteiger partial charge in [0.05, 0.1) is 5.56 Å². The number of hydrogen-bond acceptors (Lipinski definition) is 5. The maximum absolute atomic E-state index is 14.2. The number of aryl methyl sites for hydroxylation is 1. The van der Waals surface area contributed by atoms with E-state index >= 15 is 0 Å². The molecule has 0 saturated carbocycles. The smallest absolute Gasteiger partial charge is 0.350 e. The fourth-order valence-corrected chi connectivity index (χ4v) is 3.27. The van der Waals surface area contributed by atoms with E-state index < -0.39 is 49.6 Å². The first-order valence-corrected chi connectivity index (χ1v) is 8.95. The lowest BCUT2D eigenvalue weighted by Gasteiger charge is -2.10. The van der Waals surface area contributed by atoms with Gasteiger partial charge in [-0.1, -0.05) is 5.16 Å². The number of nitrogens with two attached hydrogens (primary N) is 1. The lowest BCUT2D eigenvalue weighted by Crippen LogP contribution is -2.16. The Morgan fingerprint density at radius 3 is 2.14 bits per heavy atom. The SMILES string of the molecule is Cc1cncc(-c2noc(C(F)(F)F)c2-c2cc(F)c(S(N)(=O)=O)c(F)c2)c1. The highest BCUT2D eigenvalue weighted by Crippen LogP contribution is 2.43. The molecule has 2 N–H and O–H groups in total. The zero-order valence-electron chi connectivity index (χ0n) is 13.9. The number of rotatable bonds is 3. The second-order valence-electron chi connectivity index (χ2n) is 5.80. The van der Waals surface area contributed by atoms with Gasteiger partial charge in [-0.3, -0.25) is 4.98 Å². The molecular weight excluding hydrogens is 409 g/mol. The molecule has 3 aromatic rings. The molecule has 0 fully saturated rings. The minimum atomic E-state index is -5.04. The highest BCUT2D eigenvalue weighted by atomic mass is 32.2. The Labute approximate surface area is 154 Å². The van der Waals surface area contributed by atoms with E-state index in [1.807, 2.05) is 0 Å². The monoisotopic (exact) mass is 419 g/mol. The van der Waals surface area contributed by atoms with Crippen molar-refractivity contribution >= 4 is 10.0 Å². The summed E-state index contributed by atoms with van der Waals surface area (Å²) in [5.41, 5.74) is -1.08. The summed E-state index contributed by atoms with van der Waals surface area (Å²) in [5.74, 6) is -4.91. The number of hydrogen-bond donors (Lipinski definition) is 1. The minimum absolute atomic E-state index is 0.102. The van der Waals surface area contributed by atoms with Crippen LogP contribution in [0.2, 0.25) is 0 Å². The van der Waals surface area contributed by atoms with Gasteiger partial charge < -0.3 is 4.52 Å². The Bertz CT molecular complexity index is 1150. The summed E-state index contributed by atoms with van der Waals surface area (Å²) in [7, 11) is -4.78. The molecule has 12 heteroatoms. The van der Waals surface area contributed by atoms with Crippen molar-refractivity contribution in [3.63, 3.8) is 0 Å². The van der Waals surface area contributed by atoms with Gasteiger partial charge in [-0.25, -0.2) is 22.3 Å². The second-order valence-corrected chi connectivity index (χ2v) is 7.30. The van der Waals surface area contributed by atoms with Crippen molar-refractivity contribution in [2.45, 2.75) is 18.0 Å². The Hall–Kier alpha value is -2.86. The summed E-state index contributed by atoms with van der Waals surface area (Å²) >= 11 is 0. The molecule has 148 valence electrons. The van der Waals surface area contributed by atoms with Crippen LogP contribution in [0, 0.1) is 18.6 Å². The largest absolute Gasteiger partial charge is 0.453 e.